The first-order chi connectivity index (χ1) is 9.90. The van der Waals surface area contributed by atoms with Gasteiger partial charge < -0.3 is 9.47 Å². The Morgan fingerprint density at radius 3 is 2.29 bits per heavy atom. The summed E-state index contributed by atoms with van der Waals surface area (Å²) >= 11 is 1.40. The highest BCUT2D eigenvalue weighted by Gasteiger charge is 2.24. The highest BCUT2D eigenvalue weighted by molar-refractivity contribution is 7.15. The van der Waals surface area contributed by atoms with E-state index < -0.39 is 0 Å². The van der Waals surface area contributed by atoms with Crippen molar-refractivity contribution in [2.45, 2.75) is 26.2 Å². The minimum atomic E-state index is -0.156. The van der Waals surface area contributed by atoms with Gasteiger partial charge >= 0.3 is 0 Å². The van der Waals surface area contributed by atoms with Crippen LogP contribution in [-0.4, -0.2) is 19.2 Å². The van der Waals surface area contributed by atoms with Gasteiger partial charge in [-0.2, -0.15) is 5.26 Å². The molecule has 0 aliphatic carbocycles. The molecule has 1 aromatic carbocycles. The van der Waals surface area contributed by atoms with Crippen LogP contribution in [0.25, 0.3) is 10.6 Å². The van der Waals surface area contributed by atoms with Gasteiger partial charge in [0.15, 0.2) is 11.5 Å². The van der Waals surface area contributed by atoms with Crippen molar-refractivity contribution in [3.05, 3.63) is 28.8 Å². The van der Waals surface area contributed by atoms with Crippen LogP contribution >= 0.6 is 11.3 Å². The number of methoxy groups -OCH3 is 2. The van der Waals surface area contributed by atoms with E-state index in [9.17, 15) is 5.26 Å². The number of benzene rings is 1. The zero-order valence-corrected chi connectivity index (χ0v) is 13.7. The lowest BCUT2D eigenvalue weighted by Gasteiger charge is -2.15. The fourth-order valence-corrected chi connectivity index (χ4v) is 3.07. The molecule has 5 heteroatoms. The monoisotopic (exact) mass is 302 g/mol. The van der Waals surface area contributed by atoms with Crippen LogP contribution in [0.15, 0.2) is 18.2 Å². The molecule has 1 aromatic heterocycles. The van der Waals surface area contributed by atoms with Crippen LogP contribution in [0.3, 0.4) is 0 Å². The van der Waals surface area contributed by atoms with Gasteiger partial charge in [0.25, 0.3) is 0 Å². The molecule has 21 heavy (non-hydrogen) atoms. The molecule has 0 amide bonds. The standard InChI is InChI=1S/C16H18N2O2S/c1-16(2,3)14-13(9-17)21-15(18-14)10-6-7-11(19-4)12(8-10)20-5/h6-8H,1-5H3. The molecule has 1 heterocycles. The second-order valence-electron chi connectivity index (χ2n) is 5.63. The van der Waals surface area contributed by atoms with Gasteiger partial charge in [-0.1, -0.05) is 20.8 Å². The van der Waals surface area contributed by atoms with E-state index in [2.05, 4.69) is 31.8 Å². The van der Waals surface area contributed by atoms with Crippen molar-refractivity contribution in [1.29, 1.82) is 5.26 Å². The lowest BCUT2D eigenvalue weighted by atomic mass is 9.91. The first-order valence-corrected chi connectivity index (χ1v) is 7.36. The van der Waals surface area contributed by atoms with Crippen LogP contribution < -0.4 is 9.47 Å². The Morgan fingerprint density at radius 1 is 1.14 bits per heavy atom. The molecule has 0 fully saturated rings. The van der Waals surface area contributed by atoms with Crippen molar-refractivity contribution in [2.24, 2.45) is 0 Å². The molecule has 0 N–H and O–H groups in total. The summed E-state index contributed by atoms with van der Waals surface area (Å²) in [5, 5.41) is 10.1. The van der Waals surface area contributed by atoms with Crippen molar-refractivity contribution in [2.75, 3.05) is 14.2 Å². The van der Waals surface area contributed by atoms with Gasteiger partial charge in [0.05, 0.1) is 19.9 Å². The first-order valence-electron chi connectivity index (χ1n) is 6.54. The summed E-state index contributed by atoms with van der Waals surface area (Å²) < 4.78 is 10.6. The average molecular weight is 302 g/mol. The third-order valence-electron chi connectivity index (χ3n) is 3.07. The van der Waals surface area contributed by atoms with Gasteiger partial charge in [0.1, 0.15) is 16.0 Å². The molecule has 0 aliphatic rings. The maximum absolute atomic E-state index is 9.30. The minimum absolute atomic E-state index is 0.156. The van der Waals surface area contributed by atoms with E-state index >= 15 is 0 Å². The fraction of sp³-hybridized carbons (Fsp3) is 0.375. The minimum Gasteiger partial charge on any atom is -0.493 e. The molecule has 0 bridgehead atoms. The van der Waals surface area contributed by atoms with E-state index in [1.54, 1.807) is 14.2 Å². The topological polar surface area (TPSA) is 55.1 Å². The van der Waals surface area contributed by atoms with E-state index in [0.717, 1.165) is 16.3 Å². The van der Waals surface area contributed by atoms with E-state index in [-0.39, 0.29) is 5.41 Å². The normalized spacial score (nSPS) is 11.0. The molecule has 0 aliphatic heterocycles. The Hall–Kier alpha value is -2.06. The molecule has 2 aromatic rings. The number of thiazole rings is 1. The summed E-state index contributed by atoms with van der Waals surface area (Å²) in [4.78, 5) is 5.31. The summed E-state index contributed by atoms with van der Waals surface area (Å²) in [5.74, 6) is 1.33. The van der Waals surface area contributed by atoms with Crippen LogP contribution in [0.5, 0.6) is 11.5 Å². The molecule has 2 rings (SSSR count). The summed E-state index contributed by atoms with van der Waals surface area (Å²) in [6.07, 6.45) is 0. The molecule has 0 spiro atoms. The van der Waals surface area contributed by atoms with Crippen molar-refractivity contribution in [3.8, 4) is 28.1 Å². The highest BCUT2D eigenvalue weighted by Crippen LogP contribution is 2.37. The second kappa shape index (κ2) is 5.74. The Labute approximate surface area is 129 Å². The zero-order valence-electron chi connectivity index (χ0n) is 12.9. The largest absolute Gasteiger partial charge is 0.493 e. The predicted molar refractivity (Wildman–Crippen MR) is 84.1 cm³/mol. The van der Waals surface area contributed by atoms with E-state index in [4.69, 9.17) is 9.47 Å². The van der Waals surface area contributed by atoms with Crippen molar-refractivity contribution in [3.63, 3.8) is 0 Å². The van der Waals surface area contributed by atoms with Crippen LogP contribution in [0, 0.1) is 11.3 Å². The fourth-order valence-electron chi connectivity index (χ4n) is 2.00. The summed E-state index contributed by atoms with van der Waals surface area (Å²) in [6, 6.07) is 7.89. The van der Waals surface area contributed by atoms with Gasteiger partial charge in [-0.05, 0) is 18.2 Å². The van der Waals surface area contributed by atoms with Gasteiger partial charge in [0.2, 0.25) is 0 Å². The molecule has 0 atom stereocenters. The van der Waals surface area contributed by atoms with Gasteiger partial charge in [-0.25, -0.2) is 4.98 Å². The maximum Gasteiger partial charge on any atom is 0.161 e. The van der Waals surface area contributed by atoms with E-state index in [1.807, 2.05) is 18.2 Å². The number of hydrogen-bond donors (Lipinski definition) is 0. The van der Waals surface area contributed by atoms with Crippen LogP contribution in [0.2, 0.25) is 0 Å². The molecular weight excluding hydrogens is 284 g/mol. The number of aromatic nitrogens is 1. The lowest BCUT2D eigenvalue weighted by Crippen LogP contribution is -2.13. The number of ether oxygens (including phenoxy) is 2. The lowest BCUT2D eigenvalue weighted by molar-refractivity contribution is 0.355. The van der Waals surface area contributed by atoms with Crippen molar-refractivity contribution < 1.29 is 9.47 Å². The quantitative estimate of drug-likeness (QED) is 0.860. The van der Waals surface area contributed by atoms with E-state index in [1.165, 1.54) is 11.3 Å². The van der Waals surface area contributed by atoms with Gasteiger partial charge in [0, 0.05) is 11.0 Å². The molecular formula is C16H18N2O2S. The molecule has 0 unspecified atom stereocenters. The van der Waals surface area contributed by atoms with Gasteiger partial charge in [-0.15, -0.1) is 11.3 Å². The maximum atomic E-state index is 9.30. The van der Waals surface area contributed by atoms with E-state index in [0.29, 0.717) is 16.4 Å². The number of rotatable bonds is 3. The van der Waals surface area contributed by atoms with Crippen LogP contribution in [0.1, 0.15) is 31.3 Å². The SMILES string of the molecule is COc1ccc(-c2nc(C(C)(C)C)c(C#N)s2)cc1OC. The third kappa shape index (κ3) is 3.01. The van der Waals surface area contributed by atoms with Crippen LogP contribution in [0.4, 0.5) is 0 Å². The molecule has 0 radical (unpaired) electrons. The molecule has 110 valence electrons. The third-order valence-corrected chi connectivity index (χ3v) is 4.08. The molecule has 0 saturated heterocycles. The average Bonchev–Trinajstić information content (AvgIpc) is 2.90. The molecule has 0 saturated carbocycles. The first kappa shape index (κ1) is 15.3. The number of nitriles is 1. The Kier molecular flexibility index (Phi) is 4.19. The smallest absolute Gasteiger partial charge is 0.161 e. The second-order valence-corrected chi connectivity index (χ2v) is 6.63. The van der Waals surface area contributed by atoms with Crippen molar-refractivity contribution >= 4 is 11.3 Å². The summed E-state index contributed by atoms with van der Waals surface area (Å²) in [5.41, 5.74) is 1.60. The molecule has 4 nitrogen and oxygen atoms in total. The summed E-state index contributed by atoms with van der Waals surface area (Å²) in [6.45, 7) is 6.17. The highest BCUT2D eigenvalue weighted by atomic mass is 32.1. The number of hydrogen-bond acceptors (Lipinski definition) is 5. The Bertz CT molecular complexity index is 693. The van der Waals surface area contributed by atoms with Gasteiger partial charge in [-0.3, -0.25) is 0 Å². The Balaban J connectivity index is 2.53. The Morgan fingerprint density at radius 2 is 1.81 bits per heavy atom. The van der Waals surface area contributed by atoms with Crippen molar-refractivity contribution in [1.82, 2.24) is 4.98 Å². The zero-order chi connectivity index (χ0) is 15.6. The van der Waals surface area contributed by atoms with Crippen LogP contribution in [-0.2, 0) is 5.41 Å². The summed E-state index contributed by atoms with van der Waals surface area (Å²) in [7, 11) is 3.21. The predicted octanol–water partition coefficient (Wildman–Crippen LogP) is 4.00. The number of nitrogens with zero attached hydrogens (tertiary/aromatic N) is 2.